The molecule has 0 saturated heterocycles. The van der Waals surface area contributed by atoms with Gasteiger partial charge in [0, 0.05) is 0 Å². The minimum Gasteiger partial charge on any atom is -0.510 e. The average molecular weight is 690 g/mol. The van der Waals surface area contributed by atoms with Crippen molar-refractivity contribution in [1.29, 1.82) is 0 Å². The number of carbonyl (C=O) groups is 2. The number of nitrogens with one attached hydrogen (secondary N) is 2. The van der Waals surface area contributed by atoms with Crippen LogP contribution in [0.2, 0.25) is 10.0 Å². The number of methoxy groups -OCH3 is 2. The Morgan fingerprint density at radius 1 is 0.625 bits per heavy atom. The molecule has 0 aliphatic rings. The lowest BCUT2D eigenvalue weighted by molar-refractivity contribution is -0.113. The number of carbonyl (C=O) groups excluding carboxylic acids is 2. The molecule has 0 heterocycles. The third-order valence-electron chi connectivity index (χ3n) is 6.57. The molecule has 0 bridgehead atoms. The summed E-state index contributed by atoms with van der Waals surface area (Å²) in [6.45, 7) is 2.62. The number of allylic oxidation sites excluding steroid dienone is 2. The van der Waals surface area contributed by atoms with Gasteiger partial charge in [0.05, 0.1) is 35.6 Å². The van der Waals surface area contributed by atoms with E-state index in [9.17, 15) is 19.8 Å². The number of azo groups is 2. The molecule has 4 rings (SSSR count). The molecule has 0 saturated carbocycles. The standard InChI is InChI=1S/C34H30Cl2N6O6/c1-19(43)31(33(45)37-27-9-5-7-11-29(27)47-3)41-39-25-15-13-21(17-23(25)35)22-14-16-26(24(36)18-22)40-42-32(20(2)44)34(46)38-28-10-6-8-12-30(28)48-4/h5-18,43-44H,1-4H3,(H,37,45)(H,38,46)/b31-19-,32-20-,41-39?,42-40?. The summed E-state index contributed by atoms with van der Waals surface area (Å²) in [5.41, 5.74) is 1.99. The van der Waals surface area contributed by atoms with Crippen LogP contribution >= 0.6 is 23.2 Å². The zero-order valence-electron chi connectivity index (χ0n) is 26.2. The lowest BCUT2D eigenvalue weighted by Gasteiger charge is -2.10. The summed E-state index contributed by atoms with van der Waals surface area (Å²) < 4.78 is 10.5. The maximum Gasteiger partial charge on any atom is 0.279 e. The number of hydrogen-bond acceptors (Lipinski definition) is 10. The molecule has 12 nitrogen and oxygen atoms in total. The van der Waals surface area contributed by atoms with Gasteiger partial charge in [0.15, 0.2) is 11.4 Å². The van der Waals surface area contributed by atoms with Crippen molar-refractivity contribution in [2.75, 3.05) is 24.9 Å². The Morgan fingerprint density at radius 3 is 1.33 bits per heavy atom. The van der Waals surface area contributed by atoms with Crippen molar-refractivity contribution in [3.8, 4) is 22.6 Å². The van der Waals surface area contributed by atoms with Gasteiger partial charge in [0.25, 0.3) is 11.8 Å². The summed E-state index contributed by atoms with van der Waals surface area (Å²) in [5, 5.41) is 42.0. The van der Waals surface area contributed by atoms with Gasteiger partial charge in [0.1, 0.15) is 34.4 Å². The van der Waals surface area contributed by atoms with Crippen molar-refractivity contribution < 1.29 is 29.3 Å². The minimum atomic E-state index is -0.698. The SMILES string of the molecule is COc1ccccc1NC(=O)/C(N=Nc1ccc(-c2ccc(N=N/C(C(=O)Nc3ccccc3OC)=C(/C)O)c(Cl)c2)cc1Cl)=C(\C)O. The average Bonchev–Trinajstić information content (AvgIpc) is 3.06. The molecular formula is C34H30Cl2N6O6. The lowest BCUT2D eigenvalue weighted by Crippen LogP contribution is -2.15. The molecule has 48 heavy (non-hydrogen) atoms. The summed E-state index contributed by atoms with van der Waals surface area (Å²) in [5.74, 6) is -1.23. The molecule has 0 fully saturated rings. The number of amides is 2. The highest BCUT2D eigenvalue weighted by molar-refractivity contribution is 6.34. The molecule has 0 aliphatic heterocycles. The van der Waals surface area contributed by atoms with Gasteiger partial charge in [-0.1, -0.05) is 59.6 Å². The Kier molecular flexibility index (Phi) is 11.9. The third-order valence-corrected chi connectivity index (χ3v) is 7.18. The number of anilines is 2. The van der Waals surface area contributed by atoms with Crippen molar-refractivity contribution in [1.82, 2.24) is 0 Å². The van der Waals surface area contributed by atoms with Crippen molar-refractivity contribution in [2.24, 2.45) is 20.5 Å². The number of rotatable bonds is 11. The second-order valence-corrected chi connectivity index (χ2v) is 10.7. The van der Waals surface area contributed by atoms with Crippen LogP contribution in [0.3, 0.4) is 0 Å². The first-order chi connectivity index (χ1) is 23.0. The van der Waals surface area contributed by atoms with Gasteiger partial charge in [-0.3, -0.25) is 9.59 Å². The highest BCUT2D eigenvalue weighted by Gasteiger charge is 2.17. The number of halogens is 2. The Hall–Kier alpha value is -5.72. The largest absolute Gasteiger partial charge is 0.510 e. The van der Waals surface area contributed by atoms with Gasteiger partial charge >= 0.3 is 0 Å². The van der Waals surface area contributed by atoms with E-state index in [1.54, 1.807) is 84.9 Å². The summed E-state index contributed by atoms with van der Waals surface area (Å²) in [6.07, 6.45) is 0. The Balaban J connectivity index is 1.49. The lowest BCUT2D eigenvalue weighted by atomic mass is 10.1. The Labute approximate surface area is 286 Å². The van der Waals surface area contributed by atoms with E-state index in [1.165, 1.54) is 28.1 Å². The number of hydrogen-bond donors (Lipinski definition) is 4. The fourth-order valence-electron chi connectivity index (χ4n) is 4.17. The smallest absolute Gasteiger partial charge is 0.279 e. The molecule has 0 unspecified atom stereocenters. The second-order valence-electron chi connectivity index (χ2n) is 9.91. The number of aliphatic hydroxyl groups excluding tert-OH is 2. The number of nitrogens with zero attached hydrogens (tertiary/aromatic N) is 4. The van der Waals surface area contributed by atoms with Crippen LogP contribution in [-0.4, -0.2) is 36.2 Å². The van der Waals surface area contributed by atoms with Crippen LogP contribution in [0.15, 0.2) is 128 Å². The molecule has 246 valence electrons. The first kappa shape index (κ1) is 35.1. The number of para-hydroxylation sites is 4. The Bertz CT molecular complexity index is 1830. The zero-order valence-corrected chi connectivity index (χ0v) is 27.7. The molecule has 0 aromatic heterocycles. The number of benzene rings is 4. The monoisotopic (exact) mass is 688 g/mol. The molecular weight excluding hydrogens is 659 g/mol. The van der Waals surface area contributed by atoms with Crippen molar-refractivity contribution in [3.63, 3.8) is 0 Å². The zero-order chi connectivity index (χ0) is 34.8. The van der Waals surface area contributed by atoms with E-state index >= 15 is 0 Å². The fourth-order valence-corrected chi connectivity index (χ4v) is 4.60. The summed E-state index contributed by atoms with van der Waals surface area (Å²) >= 11 is 13.0. The topological polar surface area (TPSA) is 167 Å². The van der Waals surface area contributed by atoms with E-state index in [-0.39, 0.29) is 44.3 Å². The van der Waals surface area contributed by atoms with E-state index in [1.807, 2.05) is 0 Å². The van der Waals surface area contributed by atoms with Crippen LogP contribution in [-0.2, 0) is 9.59 Å². The van der Waals surface area contributed by atoms with Gasteiger partial charge in [0.2, 0.25) is 0 Å². The summed E-state index contributed by atoms with van der Waals surface area (Å²) in [6, 6.07) is 23.5. The van der Waals surface area contributed by atoms with E-state index in [4.69, 9.17) is 32.7 Å². The first-order valence-electron chi connectivity index (χ1n) is 14.1. The molecule has 0 spiro atoms. The molecule has 0 aliphatic carbocycles. The molecule has 0 atom stereocenters. The van der Waals surface area contributed by atoms with Gasteiger partial charge in [-0.25, -0.2) is 0 Å². The quantitative estimate of drug-likeness (QED) is 0.0695. The predicted octanol–water partition coefficient (Wildman–Crippen LogP) is 9.70. The van der Waals surface area contributed by atoms with Crippen LogP contribution in [0, 0.1) is 0 Å². The van der Waals surface area contributed by atoms with Crippen LogP contribution in [0.4, 0.5) is 22.7 Å². The molecule has 4 aromatic carbocycles. The number of aliphatic hydroxyl groups is 2. The van der Waals surface area contributed by atoms with Crippen molar-refractivity contribution in [3.05, 3.63) is 118 Å². The van der Waals surface area contributed by atoms with Crippen LogP contribution in [0.1, 0.15) is 13.8 Å². The highest BCUT2D eigenvalue weighted by atomic mass is 35.5. The maximum absolute atomic E-state index is 12.8. The fraction of sp³-hybridized carbons (Fsp3) is 0.118. The van der Waals surface area contributed by atoms with Crippen LogP contribution in [0.25, 0.3) is 11.1 Å². The highest BCUT2D eigenvalue weighted by Crippen LogP contribution is 2.35. The van der Waals surface area contributed by atoms with Crippen LogP contribution < -0.4 is 20.1 Å². The normalized spacial score (nSPS) is 12.4. The van der Waals surface area contributed by atoms with E-state index in [0.29, 0.717) is 34.0 Å². The molecule has 4 aromatic rings. The first-order valence-corrected chi connectivity index (χ1v) is 14.9. The number of ether oxygens (including phenoxy) is 2. The van der Waals surface area contributed by atoms with Gasteiger partial charge in [-0.05, 0) is 73.5 Å². The van der Waals surface area contributed by atoms with Gasteiger partial charge < -0.3 is 30.3 Å². The summed E-state index contributed by atoms with van der Waals surface area (Å²) in [7, 11) is 2.94. The van der Waals surface area contributed by atoms with E-state index < -0.39 is 11.8 Å². The van der Waals surface area contributed by atoms with E-state index in [2.05, 4.69) is 31.1 Å². The van der Waals surface area contributed by atoms with Gasteiger partial charge in [-0.15, -0.1) is 20.5 Å². The maximum atomic E-state index is 12.8. The van der Waals surface area contributed by atoms with Crippen LogP contribution in [0.5, 0.6) is 11.5 Å². The van der Waals surface area contributed by atoms with Crippen molar-refractivity contribution in [2.45, 2.75) is 13.8 Å². The molecule has 0 radical (unpaired) electrons. The van der Waals surface area contributed by atoms with Gasteiger partial charge in [-0.2, -0.15) is 0 Å². The third kappa shape index (κ3) is 8.75. The molecule has 14 heteroatoms. The van der Waals surface area contributed by atoms with E-state index in [0.717, 1.165) is 0 Å². The predicted molar refractivity (Wildman–Crippen MR) is 185 cm³/mol. The van der Waals surface area contributed by atoms with Crippen molar-refractivity contribution >= 4 is 57.8 Å². The Morgan fingerprint density at radius 2 is 1.00 bits per heavy atom. The molecule has 2 amide bonds. The minimum absolute atomic E-state index is 0.213. The second kappa shape index (κ2) is 16.2. The molecule has 4 N–H and O–H groups in total. The summed E-state index contributed by atoms with van der Waals surface area (Å²) in [4.78, 5) is 25.7.